The van der Waals surface area contributed by atoms with E-state index in [4.69, 9.17) is 4.74 Å². The second kappa shape index (κ2) is 7.98. The van der Waals surface area contributed by atoms with Crippen molar-refractivity contribution in [3.05, 3.63) is 29.8 Å². The Bertz CT molecular complexity index is 665. The SMILES string of the molecule is COc1cccc(C(=O)NCCS(=O)(=O)N2[C@H](C)CCC[C@@H]2C)c1. The normalized spacial score (nSPS) is 22.1. The number of ether oxygens (including phenoxy) is 1. The van der Waals surface area contributed by atoms with Crippen molar-refractivity contribution in [2.75, 3.05) is 19.4 Å². The predicted octanol–water partition coefficient (Wildman–Crippen LogP) is 2.02. The van der Waals surface area contributed by atoms with Gasteiger partial charge in [-0.25, -0.2) is 8.42 Å². The fourth-order valence-corrected chi connectivity index (χ4v) is 5.09. The third-order valence-electron chi connectivity index (χ3n) is 4.41. The number of amides is 1. The molecule has 2 atom stereocenters. The smallest absolute Gasteiger partial charge is 0.251 e. The minimum absolute atomic E-state index is 0.0211. The summed E-state index contributed by atoms with van der Waals surface area (Å²) in [6.07, 6.45) is 2.83. The molecule has 1 aromatic rings. The van der Waals surface area contributed by atoms with Gasteiger partial charge in [-0.3, -0.25) is 4.79 Å². The Hall–Kier alpha value is -1.60. The standard InChI is InChI=1S/C17H26N2O4S/c1-13-6-4-7-14(2)19(13)24(21,22)11-10-18-17(20)15-8-5-9-16(12-15)23-3/h5,8-9,12-14H,4,6-7,10-11H2,1-3H3,(H,18,20)/t13-,14+. The highest BCUT2D eigenvalue weighted by atomic mass is 32.2. The third-order valence-corrected chi connectivity index (χ3v) is 6.49. The summed E-state index contributed by atoms with van der Waals surface area (Å²) in [6, 6.07) is 6.81. The summed E-state index contributed by atoms with van der Waals surface area (Å²) < 4.78 is 31.8. The number of carbonyl (C=O) groups is 1. The molecule has 1 fully saturated rings. The molecular weight excluding hydrogens is 328 g/mol. The van der Waals surface area contributed by atoms with Crippen LogP contribution in [0.1, 0.15) is 43.5 Å². The highest BCUT2D eigenvalue weighted by molar-refractivity contribution is 7.89. The molecule has 1 aliphatic heterocycles. The number of piperidine rings is 1. The monoisotopic (exact) mass is 354 g/mol. The lowest BCUT2D eigenvalue weighted by molar-refractivity contribution is 0.0955. The molecule has 0 spiro atoms. The van der Waals surface area contributed by atoms with Crippen LogP contribution in [0.15, 0.2) is 24.3 Å². The summed E-state index contributed by atoms with van der Waals surface area (Å²) in [5.41, 5.74) is 0.450. The van der Waals surface area contributed by atoms with Crippen molar-refractivity contribution in [1.82, 2.24) is 9.62 Å². The van der Waals surface area contributed by atoms with Crippen molar-refractivity contribution in [2.45, 2.75) is 45.2 Å². The molecule has 0 bridgehead atoms. The van der Waals surface area contributed by atoms with Gasteiger partial charge in [0.1, 0.15) is 5.75 Å². The predicted molar refractivity (Wildman–Crippen MR) is 93.7 cm³/mol. The Labute approximate surface area is 144 Å². The zero-order valence-electron chi connectivity index (χ0n) is 14.5. The van der Waals surface area contributed by atoms with E-state index in [2.05, 4.69) is 5.32 Å². The fourth-order valence-electron chi connectivity index (χ4n) is 3.21. The highest BCUT2D eigenvalue weighted by Gasteiger charge is 2.34. The van der Waals surface area contributed by atoms with Gasteiger partial charge in [-0.2, -0.15) is 4.31 Å². The number of hydrogen-bond acceptors (Lipinski definition) is 4. The van der Waals surface area contributed by atoms with Gasteiger partial charge in [-0.1, -0.05) is 12.5 Å². The summed E-state index contributed by atoms with van der Waals surface area (Å²) >= 11 is 0. The molecule has 2 rings (SSSR count). The summed E-state index contributed by atoms with van der Waals surface area (Å²) in [5.74, 6) is 0.201. The van der Waals surface area contributed by atoms with E-state index >= 15 is 0 Å². The number of hydrogen-bond donors (Lipinski definition) is 1. The number of methoxy groups -OCH3 is 1. The van der Waals surface area contributed by atoms with Crippen LogP contribution in [0.5, 0.6) is 5.75 Å². The van der Waals surface area contributed by atoms with Gasteiger partial charge in [0, 0.05) is 24.2 Å². The van der Waals surface area contributed by atoms with E-state index in [1.807, 2.05) is 13.8 Å². The van der Waals surface area contributed by atoms with Crippen LogP contribution in [-0.2, 0) is 10.0 Å². The minimum atomic E-state index is -3.38. The Morgan fingerprint density at radius 2 is 1.96 bits per heavy atom. The minimum Gasteiger partial charge on any atom is -0.497 e. The Morgan fingerprint density at radius 1 is 1.29 bits per heavy atom. The van der Waals surface area contributed by atoms with Crippen molar-refractivity contribution in [2.24, 2.45) is 0 Å². The maximum atomic E-state index is 12.6. The Kier molecular flexibility index (Phi) is 6.23. The van der Waals surface area contributed by atoms with E-state index in [9.17, 15) is 13.2 Å². The maximum absolute atomic E-state index is 12.6. The number of rotatable bonds is 6. The molecule has 24 heavy (non-hydrogen) atoms. The van der Waals surface area contributed by atoms with Crippen molar-refractivity contribution >= 4 is 15.9 Å². The molecule has 1 heterocycles. The van der Waals surface area contributed by atoms with Crippen molar-refractivity contribution < 1.29 is 17.9 Å². The average molecular weight is 354 g/mol. The van der Waals surface area contributed by atoms with Crippen LogP contribution < -0.4 is 10.1 Å². The molecule has 134 valence electrons. The Balaban J connectivity index is 1.93. The number of carbonyl (C=O) groups excluding carboxylic acids is 1. The zero-order chi connectivity index (χ0) is 17.7. The van der Waals surface area contributed by atoms with Gasteiger partial charge < -0.3 is 10.1 Å². The summed E-state index contributed by atoms with van der Waals surface area (Å²) in [4.78, 5) is 12.1. The highest BCUT2D eigenvalue weighted by Crippen LogP contribution is 2.25. The van der Waals surface area contributed by atoms with Crippen LogP contribution in [0.25, 0.3) is 0 Å². The van der Waals surface area contributed by atoms with E-state index in [0.29, 0.717) is 11.3 Å². The first-order valence-corrected chi connectivity index (χ1v) is 9.89. The van der Waals surface area contributed by atoms with Gasteiger partial charge in [0.2, 0.25) is 10.0 Å². The van der Waals surface area contributed by atoms with Gasteiger partial charge in [-0.15, -0.1) is 0 Å². The second-order valence-corrected chi connectivity index (χ2v) is 8.26. The number of nitrogens with one attached hydrogen (secondary N) is 1. The first-order valence-electron chi connectivity index (χ1n) is 8.28. The van der Waals surface area contributed by atoms with E-state index in [0.717, 1.165) is 19.3 Å². The molecule has 7 heteroatoms. The molecule has 1 N–H and O–H groups in total. The second-order valence-electron chi connectivity index (χ2n) is 6.26. The summed E-state index contributed by atoms with van der Waals surface area (Å²) in [7, 11) is -1.85. The van der Waals surface area contributed by atoms with Crippen molar-refractivity contribution in [3.63, 3.8) is 0 Å². The molecule has 1 saturated heterocycles. The van der Waals surface area contributed by atoms with Gasteiger partial charge in [0.25, 0.3) is 5.91 Å². The van der Waals surface area contributed by atoms with E-state index < -0.39 is 10.0 Å². The number of nitrogens with zero attached hydrogens (tertiary/aromatic N) is 1. The molecule has 1 aliphatic rings. The van der Waals surface area contributed by atoms with Crippen LogP contribution in [0.3, 0.4) is 0 Å². The van der Waals surface area contributed by atoms with E-state index in [1.54, 1.807) is 28.6 Å². The van der Waals surface area contributed by atoms with E-state index in [-0.39, 0.29) is 30.3 Å². The van der Waals surface area contributed by atoms with E-state index in [1.165, 1.54) is 7.11 Å². The van der Waals surface area contributed by atoms with Crippen molar-refractivity contribution in [3.8, 4) is 5.75 Å². The molecule has 0 aliphatic carbocycles. The number of sulfonamides is 1. The number of benzene rings is 1. The maximum Gasteiger partial charge on any atom is 0.251 e. The van der Waals surface area contributed by atoms with Gasteiger partial charge >= 0.3 is 0 Å². The molecular formula is C17H26N2O4S. The van der Waals surface area contributed by atoms with Crippen molar-refractivity contribution in [1.29, 1.82) is 0 Å². The molecule has 1 amide bonds. The first-order chi connectivity index (χ1) is 11.3. The quantitative estimate of drug-likeness (QED) is 0.848. The van der Waals surface area contributed by atoms with Gasteiger partial charge in [0.15, 0.2) is 0 Å². The lowest BCUT2D eigenvalue weighted by Gasteiger charge is -2.37. The molecule has 0 radical (unpaired) electrons. The van der Waals surface area contributed by atoms with Crippen LogP contribution in [0.2, 0.25) is 0 Å². The average Bonchev–Trinajstić information content (AvgIpc) is 2.54. The molecule has 0 aromatic heterocycles. The lowest BCUT2D eigenvalue weighted by Crippen LogP contribution is -2.49. The summed E-state index contributed by atoms with van der Waals surface area (Å²) in [6.45, 7) is 3.98. The summed E-state index contributed by atoms with van der Waals surface area (Å²) in [5, 5.41) is 2.67. The Morgan fingerprint density at radius 3 is 2.58 bits per heavy atom. The fraction of sp³-hybridized carbons (Fsp3) is 0.588. The molecule has 6 nitrogen and oxygen atoms in total. The van der Waals surface area contributed by atoms with Crippen LogP contribution in [-0.4, -0.2) is 50.1 Å². The topological polar surface area (TPSA) is 75.7 Å². The van der Waals surface area contributed by atoms with Crippen LogP contribution in [0, 0.1) is 0 Å². The molecule has 1 aromatic carbocycles. The first kappa shape index (κ1) is 18.7. The lowest BCUT2D eigenvalue weighted by atomic mass is 10.0. The van der Waals surface area contributed by atoms with Crippen LogP contribution >= 0.6 is 0 Å². The van der Waals surface area contributed by atoms with Gasteiger partial charge in [-0.05, 0) is 44.9 Å². The van der Waals surface area contributed by atoms with Gasteiger partial charge in [0.05, 0.1) is 12.9 Å². The molecule has 0 unspecified atom stereocenters. The third kappa shape index (κ3) is 4.48. The van der Waals surface area contributed by atoms with Crippen LogP contribution in [0.4, 0.5) is 0 Å². The zero-order valence-corrected chi connectivity index (χ0v) is 15.3. The largest absolute Gasteiger partial charge is 0.497 e. The molecule has 0 saturated carbocycles.